The zero-order chi connectivity index (χ0) is 25.2. The van der Waals surface area contributed by atoms with Gasteiger partial charge in [0.1, 0.15) is 6.04 Å². The van der Waals surface area contributed by atoms with Crippen LogP contribution in [0.3, 0.4) is 0 Å². The molecule has 0 aromatic heterocycles. The maximum atomic E-state index is 12.9. The fraction of sp³-hybridized carbons (Fsp3) is 0.375. The average Bonchev–Trinajstić information content (AvgIpc) is 3.09. The van der Waals surface area contributed by atoms with Crippen LogP contribution in [0.2, 0.25) is 0 Å². The molecule has 0 saturated carbocycles. The van der Waals surface area contributed by atoms with Crippen molar-refractivity contribution in [2.75, 3.05) is 11.5 Å². The number of carbonyl (C=O) groups is 3. The van der Waals surface area contributed by atoms with E-state index in [9.17, 15) is 22.8 Å². The molecule has 0 bridgehead atoms. The van der Waals surface area contributed by atoms with Crippen LogP contribution in [0.4, 0.5) is 5.69 Å². The SMILES string of the molecule is Cc1cccc(C(=O)N[C@H](C(=O)OCC(=O)N2c3ccc(S(N)(=O)=O)cc3CC2C)C(C)C)c1. The molecule has 10 heteroatoms. The van der Waals surface area contributed by atoms with E-state index in [4.69, 9.17) is 9.88 Å². The first kappa shape index (κ1) is 25.4. The number of nitrogens with one attached hydrogen (secondary N) is 1. The van der Waals surface area contributed by atoms with Crippen molar-refractivity contribution in [3.8, 4) is 0 Å². The molecule has 0 spiro atoms. The molecule has 2 aromatic carbocycles. The molecule has 1 aliphatic heterocycles. The molecule has 1 heterocycles. The number of ether oxygens (including phenoxy) is 1. The summed E-state index contributed by atoms with van der Waals surface area (Å²) in [6.07, 6.45) is 0.444. The molecule has 2 atom stereocenters. The van der Waals surface area contributed by atoms with Gasteiger partial charge in [0.25, 0.3) is 11.8 Å². The van der Waals surface area contributed by atoms with Gasteiger partial charge in [-0.1, -0.05) is 31.5 Å². The summed E-state index contributed by atoms with van der Waals surface area (Å²) in [5.74, 6) is -1.82. The van der Waals surface area contributed by atoms with Crippen LogP contribution in [-0.4, -0.2) is 44.9 Å². The molecule has 9 nitrogen and oxygen atoms in total. The maximum Gasteiger partial charge on any atom is 0.329 e. The van der Waals surface area contributed by atoms with Gasteiger partial charge in [0, 0.05) is 17.3 Å². The van der Waals surface area contributed by atoms with Crippen LogP contribution < -0.4 is 15.4 Å². The van der Waals surface area contributed by atoms with Gasteiger partial charge in [-0.05, 0) is 62.1 Å². The van der Waals surface area contributed by atoms with E-state index in [1.807, 2.05) is 19.9 Å². The molecule has 2 aromatic rings. The Hall–Kier alpha value is -3.24. The van der Waals surface area contributed by atoms with Crippen molar-refractivity contribution in [3.63, 3.8) is 0 Å². The summed E-state index contributed by atoms with van der Waals surface area (Å²) in [6, 6.07) is 10.1. The van der Waals surface area contributed by atoms with Gasteiger partial charge in [-0.3, -0.25) is 9.59 Å². The summed E-state index contributed by atoms with van der Waals surface area (Å²) in [6.45, 7) is 6.71. The van der Waals surface area contributed by atoms with Crippen LogP contribution in [0.25, 0.3) is 0 Å². The smallest absolute Gasteiger partial charge is 0.329 e. The Bertz CT molecular complexity index is 1220. The monoisotopic (exact) mass is 487 g/mol. The van der Waals surface area contributed by atoms with E-state index >= 15 is 0 Å². The molecular weight excluding hydrogens is 458 g/mol. The predicted molar refractivity (Wildman–Crippen MR) is 127 cm³/mol. The standard InChI is InChI=1S/C24H29N3O6S/c1-14(2)22(26-23(29)17-7-5-6-15(3)10-17)24(30)33-13-21(28)27-16(4)11-18-12-19(34(25,31)32)8-9-20(18)27/h5-10,12,14,16,22H,11,13H2,1-4H3,(H,26,29)(H2,25,31,32)/t16?,22-/m0/s1. The lowest BCUT2D eigenvalue weighted by molar-refractivity contribution is -0.150. The molecule has 2 amide bonds. The number of anilines is 1. The molecule has 1 unspecified atom stereocenters. The minimum atomic E-state index is -3.86. The van der Waals surface area contributed by atoms with Gasteiger partial charge in [0.05, 0.1) is 4.90 Å². The minimum absolute atomic E-state index is 0.0247. The van der Waals surface area contributed by atoms with Crippen LogP contribution in [-0.2, 0) is 30.8 Å². The van der Waals surface area contributed by atoms with Crippen molar-refractivity contribution in [1.82, 2.24) is 5.32 Å². The Morgan fingerprint density at radius 1 is 1.18 bits per heavy atom. The summed E-state index contributed by atoms with van der Waals surface area (Å²) in [5.41, 5.74) is 2.56. The first-order chi connectivity index (χ1) is 15.9. The summed E-state index contributed by atoms with van der Waals surface area (Å²) >= 11 is 0. The number of sulfonamides is 1. The van der Waals surface area contributed by atoms with Crippen molar-refractivity contribution in [2.24, 2.45) is 11.1 Å². The van der Waals surface area contributed by atoms with Gasteiger partial charge in [-0.2, -0.15) is 0 Å². The lowest BCUT2D eigenvalue weighted by atomic mass is 10.0. The van der Waals surface area contributed by atoms with Crippen LogP contribution in [0.5, 0.6) is 0 Å². The third-order valence-electron chi connectivity index (χ3n) is 5.69. The first-order valence-electron chi connectivity index (χ1n) is 10.9. The highest BCUT2D eigenvalue weighted by Gasteiger charge is 2.33. The minimum Gasteiger partial charge on any atom is -0.454 e. The van der Waals surface area contributed by atoms with Gasteiger partial charge in [0.15, 0.2) is 6.61 Å². The van der Waals surface area contributed by atoms with E-state index in [1.165, 1.54) is 23.1 Å². The van der Waals surface area contributed by atoms with E-state index in [1.54, 1.807) is 32.0 Å². The normalized spacial score (nSPS) is 16.2. The number of fused-ring (bicyclic) bond motifs is 1. The van der Waals surface area contributed by atoms with Crippen LogP contribution >= 0.6 is 0 Å². The number of carbonyl (C=O) groups excluding carboxylic acids is 3. The van der Waals surface area contributed by atoms with E-state index in [-0.39, 0.29) is 16.9 Å². The summed E-state index contributed by atoms with van der Waals surface area (Å²) < 4.78 is 28.5. The molecule has 3 N–H and O–H groups in total. The number of nitrogens with zero attached hydrogens (tertiary/aromatic N) is 1. The Labute approximate surface area is 199 Å². The maximum absolute atomic E-state index is 12.9. The summed E-state index contributed by atoms with van der Waals surface area (Å²) in [7, 11) is -3.86. The van der Waals surface area contributed by atoms with Crippen molar-refractivity contribution >= 4 is 33.5 Å². The van der Waals surface area contributed by atoms with Crippen molar-refractivity contribution in [2.45, 2.75) is 51.1 Å². The Morgan fingerprint density at radius 3 is 2.50 bits per heavy atom. The van der Waals surface area contributed by atoms with Crippen molar-refractivity contribution in [3.05, 3.63) is 59.2 Å². The largest absolute Gasteiger partial charge is 0.454 e. The molecule has 0 aliphatic carbocycles. The zero-order valence-electron chi connectivity index (χ0n) is 19.6. The Balaban J connectivity index is 1.67. The number of hydrogen-bond acceptors (Lipinski definition) is 6. The van der Waals surface area contributed by atoms with E-state index in [0.29, 0.717) is 23.2 Å². The summed E-state index contributed by atoms with van der Waals surface area (Å²) in [4.78, 5) is 39.7. The lowest BCUT2D eigenvalue weighted by Gasteiger charge is -2.24. The van der Waals surface area contributed by atoms with Gasteiger partial charge in [-0.15, -0.1) is 0 Å². The van der Waals surface area contributed by atoms with E-state index in [2.05, 4.69) is 5.32 Å². The van der Waals surface area contributed by atoms with Gasteiger partial charge in [0.2, 0.25) is 10.0 Å². The fourth-order valence-corrected chi connectivity index (χ4v) is 4.53. The molecule has 1 aliphatic rings. The molecule has 182 valence electrons. The topological polar surface area (TPSA) is 136 Å². The van der Waals surface area contributed by atoms with Crippen LogP contribution in [0.1, 0.15) is 42.3 Å². The highest BCUT2D eigenvalue weighted by molar-refractivity contribution is 7.89. The molecule has 0 fully saturated rings. The number of aryl methyl sites for hydroxylation is 1. The molecule has 3 rings (SSSR count). The van der Waals surface area contributed by atoms with Crippen LogP contribution in [0.15, 0.2) is 47.4 Å². The molecule has 34 heavy (non-hydrogen) atoms. The number of rotatable bonds is 7. The number of esters is 1. The number of benzene rings is 2. The Morgan fingerprint density at radius 2 is 1.88 bits per heavy atom. The number of hydrogen-bond donors (Lipinski definition) is 2. The average molecular weight is 488 g/mol. The quantitative estimate of drug-likeness (QED) is 0.573. The van der Waals surface area contributed by atoms with Crippen molar-refractivity contribution in [1.29, 1.82) is 0 Å². The van der Waals surface area contributed by atoms with Gasteiger partial charge >= 0.3 is 5.97 Å². The third kappa shape index (κ3) is 5.63. The third-order valence-corrected chi connectivity index (χ3v) is 6.60. The predicted octanol–water partition coefficient (Wildman–Crippen LogP) is 1.92. The fourth-order valence-electron chi connectivity index (χ4n) is 3.97. The van der Waals surface area contributed by atoms with Gasteiger partial charge < -0.3 is 15.0 Å². The van der Waals surface area contributed by atoms with E-state index < -0.39 is 40.5 Å². The van der Waals surface area contributed by atoms with Crippen molar-refractivity contribution < 1.29 is 27.5 Å². The second-order valence-electron chi connectivity index (χ2n) is 8.82. The number of amides is 2. The lowest BCUT2D eigenvalue weighted by Crippen LogP contribution is -2.46. The number of nitrogens with two attached hydrogens (primary N) is 1. The molecule has 0 saturated heterocycles. The second-order valence-corrected chi connectivity index (χ2v) is 10.4. The second kappa shape index (κ2) is 9.94. The first-order valence-corrected chi connectivity index (χ1v) is 12.4. The molecule has 0 radical (unpaired) electrons. The Kier molecular flexibility index (Phi) is 7.42. The van der Waals surface area contributed by atoms with Crippen LogP contribution in [0, 0.1) is 12.8 Å². The highest BCUT2D eigenvalue weighted by atomic mass is 32.2. The highest BCUT2D eigenvalue weighted by Crippen LogP contribution is 2.33. The zero-order valence-corrected chi connectivity index (χ0v) is 20.4. The molecular formula is C24H29N3O6S. The number of primary sulfonamides is 1. The summed E-state index contributed by atoms with van der Waals surface area (Å²) in [5, 5.41) is 7.89. The van der Waals surface area contributed by atoms with Gasteiger partial charge in [-0.25, -0.2) is 18.4 Å². The van der Waals surface area contributed by atoms with E-state index in [0.717, 1.165) is 5.56 Å².